The Morgan fingerprint density at radius 1 is 0.850 bits per heavy atom. The van der Waals surface area contributed by atoms with Crippen LogP contribution in [0.1, 0.15) is 11.1 Å². The fourth-order valence-electron chi connectivity index (χ4n) is 1.97. The molecule has 0 fully saturated rings. The Kier molecular flexibility index (Phi) is 5.59. The smallest absolute Gasteiger partial charge is 0.0625 e. The molecule has 0 aliphatic rings. The third-order valence-electron chi connectivity index (χ3n) is 2.94. The molecule has 0 aliphatic carbocycles. The highest BCUT2D eigenvalue weighted by molar-refractivity contribution is 6.42. The van der Waals surface area contributed by atoms with E-state index in [9.17, 15) is 5.11 Å². The monoisotopic (exact) mass is 348 g/mol. The maximum atomic E-state index is 10.2. The van der Waals surface area contributed by atoms with Crippen molar-refractivity contribution >= 4 is 46.4 Å². The number of hydrogen-bond acceptors (Lipinski definition) is 1. The van der Waals surface area contributed by atoms with Crippen LogP contribution in [-0.4, -0.2) is 11.2 Å². The average Bonchev–Trinajstić information content (AvgIpc) is 2.39. The topological polar surface area (TPSA) is 20.2 Å². The van der Waals surface area contributed by atoms with Gasteiger partial charge in [0.25, 0.3) is 0 Å². The first kappa shape index (κ1) is 15.9. The molecular formula is C15H12Cl4O. The first-order valence-electron chi connectivity index (χ1n) is 6.02. The van der Waals surface area contributed by atoms with Crippen LogP contribution in [0.3, 0.4) is 0 Å². The molecule has 1 nitrogen and oxygen atoms in total. The molecule has 1 N–H and O–H groups in total. The van der Waals surface area contributed by atoms with Crippen molar-refractivity contribution in [3.05, 3.63) is 67.6 Å². The predicted octanol–water partition coefficient (Wildman–Crippen LogP) is 5.45. The fraction of sp³-hybridized carbons (Fsp3) is 0.200. The lowest BCUT2D eigenvalue weighted by molar-refractivity contribution is 0.175. The van der Waals surface area contributed by atoms with E-state index in [1.54, 1.807) is 18.2 Å². The van der Waals surface area contributed by atoms with E-state index in [4.69, 9.17) is 46.4 Å². The van der Waals surface area contributed by atoms with E-state index >= 15 is 0 Å². The second kappa shape index (κ2) is 7.02. The summed E-state index contributed by atoms with van der Waals surface area (Å²) in [5.41, 5.74) is 1.75. The van der Waals surface area contributed by atoms with Gasteiger partial charge in [0, 0.05) is 6.42 Å². The van der Waals surface area contributed by atoms with Gasteiger partial charge in [0.05, 0.1) is 26.2 Å². The van der Waals surface area contributed by atoms with E-state index in [1.165, 1.54) is 0 Å². The number of halogens is 4. The Balaban J connectivity index is 2.07. The van der Waals surface area contributed by atoms with Gasteiger partial charge < -0.3 is 5.11 Å². The molecule has 20 heavy (non-hydrogen) atoms. The van der Waals surface area contributed by atoms with Gasteiger partial charge in [-0.2, -0.15) is 0 Å². The molecule has 2 aromatic rings. The van der Waals surface area contributed by atoms with Crippen LogP contribution < -0.4 is 0 Å². The van der Waals surface area contributed by atoms with Crippen LogP contribution in [-0.2, 0) is 12.8 Å². The molecule has 106 valence electrons. The molecule has 0 saturated heterocycles. The second-order valence-corrected chi connectivity index (χ2v) is 6.12. The van der Waals surface area contributed by atoms with Crippen molar-refractivity contribution in [1.29, 1.82) is 0 Å². The second-order valence-electron chi connectivity index (χ2n) is 4.52. The molecule has 0 aromatic heterocycles. The summed E-state index contributed by atoms with van der Waals surface area (Å²) in [6, 6.07) is 10.7. The van der Waals surface area contributed by atoms with Gasteiger partial charge in [-0.3, -0.25) is 0 Å². The normalized spacial score (nSPS) is 12.4. The van der Waals surface area contributed by atoms with E-state index in [1.807, 2.05) is 18.2 Å². The van der Waals surface area contributed by atoms with Crippen molar-refractivity contribution < 1.29 is 5.11 Å². The van der Waals surface area contributed by atoms with Gasteiger partial charge in [-0.05, 0) is 35.7 Å². The summed E-state index contributed by atoms with van der Waals surface area (Å²) in [6.07, 6.45) is 0.336. The zero-order valence-electron chi connectivity index (χ0n) is 10.4. The first-order chi connectivity index (χ1) is 9.47. The minimum absolute atomic E-state index is 0.430. The lowest BCUT2D eigenvalue weighted by Gasteiger charge is -2.13. The van der Waals surface area contributed by atoms with Crippen LogP contribution in [0.25, 0.3) is 0 Å². The van der Waals surface area contributed by atoms with Gasteiger partial charge in [-0.25, -0.2) is 0 Å². The third kappa shape index (κ3) is 4.03. The number of benzene rings is 2. The molecule has 1 atom stereocenters. The maximum Gasteiger partial charge on any atom is 0.0625 e. The highest BCUT2D eigenvalue weighted by atomic mass is 35.5. The summed E-state index contributed by atoms with van der Waals surface area (Å²) < 4.78 is 0. The highest BCUT2D eigenvalue weighted by Gasteiger charge is 2.12. The minimum Gasteiger partial charge on any atom is -0.392 e. The summed E-state index contributed by atoms with van der Waals surface area (Å²) in [5, 5.41) is 12.1. The molecule has 0 spiro atoms. The van der Waals surface area contributed by atoms with Gasteiger partial charge in [0.2, 0.25) is 0 Å². The summed E-state index contributed by atoms with van der Waals surface area (Å²) in [5.74, 6) is 0. The molecular weight excluding hydrogens is 338 g/mol. The summed E-state index contributed by atoms with van der Waals surface area (Å²) in [7, 11) is 0. The Morgan fingerprint density at radius 3 is 2.30 bits per heavy atom. The molecule has 0 aliphatic heterocycles. The van der Waals surface area contributed by atoms with Gasteiger partial charge in [-0.15, -0.1) is 0 Å². The number of hydrogen-bond donors (Lipinski definition) is 1. The minimum atomic E-state index is -0.566. The molecule has 2 rings (SSSR count). The van der Waals surface area contributed by atoms with Gasteiger partial charge in [0.15, 0.2) is 0 Å². The molecule has 1 unspecified atom stereocenters. The van der Waals surface area contributed by atoms with Crippen LogP contribution in [0.2, 0.25) is 20.1 Å². The van der Waals surface area contributed by atoms with E-state index < -0.39 is 6.10 Å². The Labute approximate surface area is 138 Å². The van der Waals surface area contributed by atoms with Crippen molar-refractivity contribution in [3.8, 4) is 0 Å². The standard InChI is InChI=1S/C15H12Cl4O/c16-12-5-4-9(7-14(12)18)6-11(20)8-10-2-1-3-13(17)15(10)19/h1-5,7,11,20H,6,8H2. The summed E-state index contributed by atoms with van der Waals surface area (Å²) in [4.78, 5) is 0. The van der Waals surface area contributed by atoms with Crippen molar-refractivity contribution in [2.24, 2.45) is 0 Å². The van der Waals surface area contributed by atoms with Crippen molar-refractivity contribution in [1.82, 2.24) is 0 Å². The van der Waals surface area contributed by atoms with Crippen molar-refractivity contribution in [2.75, 3.05) is 0 Å². The molecule has 0 radical (unpaired) electrons. The van der Waals surface area contributed by atoms with E-state index in [0.29, 0.717) is 32.9 Å². The molecule has 0 heterocycles. The molecule has 0 amide bonds. The lowest BCUT2D eigenvalue weighted by Crippen LogP contribution is -2.14. The highest BCUT2D eigenvalue weighted by Crippen LogP contribution is 2.27. The van der Waals surface area contributed by atoms with Crippen LogP contribution >= 0.6 is 46.4 Å². The predicted molar refractivity (Wildman–Crippen MR) is 86.3 cm³/mol. The third-order valence-corrected chi connectivity index (χ3v) is 4.54. The van der Waals surface area contributed by atoms with E-state index in [0.717, 1.165) is 11.1 Å². The van der Waals surface area contributed by atoms with Gasteiger partial charge >= 0.3 is 0 Å². The van der Waals surface area contributed by atoms with E-state index in [-0.39, 0.29) is 0 Å². The zero-order valence-corrected chi connectivity index (χ0v) is 13.4. The Hall–Kier alpha value is -0.440. The van der Waals surface area contributed by atoms with Crippen molar-refractivity contribution in [3.63, 3.8) is 0 Å². The summed E-state index contributed by atoms with van der Waals surface area (Å²) >= 11 is 23.9. The molecule has 2 aromatic carbocycles. The fourth-order valence-corrected chi connectivity index (χ4v) is 2.69. The maximum absolute atomic E-state index is 10.2. The number of rotatable bonds is 4. The van der Waals surface area contributed by atoms with E-state index in [2.05, 4.69) is 0 Å². The molecule has 5 heteroatoms. The quantitative estimate of drug-likeness (QED) is 0.778. The van der Waals surface area contributed by atoms with Gasteiger partial charge in [0.1, 0.15) is 0 Å². The van der Waals surface area contributed by atoms with Crippen molar-refractivity contribution in [2.45, 2.75) is 18.9 Å². The van der Waals surface area contributed by atoms with Crippen LogP contribution in [0.5, 0.6) is 0 Å². The van der Waals surface area contributed by atoms with Crippen LogP contribution in [0.15, 0.2) is 36.4 Å². The molecule has 0 bridgehead atoms. The first-order valence-corrected chi connectivity index (χ1v) is 7.53. The van der Waals surface area contributed by atoms with Crippen LogP contribution in [0, 0.1) is 0 Å². The number of aliphatic hydroxyl groups is 1. The Bertz CT molecular complexity index is 613. The Morgan fingerprint density at radius 2 is 1.60 bits per heavy atom. The average molecular weight is 350 g/mol. The lowest BCUT2D eigenvalue weighted by atomic mass is 10.0. The number of aliphatic hydroxyl groups excluding tert-OH is 1. The zero-order chi connectivity index (χ0) is 14.7. The van der Waals surface area contributed by atoms with Crippen LogP contribution in [0.4, 0.5) is 0 Å². The largest absolute Gasteiger partial charge is 0.392 e. The molecule has 0 saturated carbocycles. The summed E-state index contributed by atoms with van der Waals surface area (Å²) in [6.45, 7) is 0. The SMILES string of the molecule is OC(Cc1ccc(Cl)c(Cl)c1)Cc1cccc(Cl)c1Cl. The van der Waals surface area contributed by atoms with Gasteiger partial charge in [-0.1, -0.05) is 64.6 Å².